The third-order valence-corrected chi connectivity index (χ3v) is 4.14. The molecule has 118 valence electrons. The molecule has 0 saturated carbocycles. The highest BCUT2D eigenvalue weighted by Gasteiger charge is 2.12. The van der Waals surface area contributed by atoms with Gasteiger partial charge >= 0.3 is 0 Å². The number of carbonyl (C=O) groups excluding carboxylic acids is 1. The van der Waals surface area contributed by atoms with E-state index in [9.17, 15) is 4.79 Å². The van der Waals surface area contributed by atoms with Crippen molar-refractivity contribution in [2.45, 2.75) is 27.3 Å². The number of rotatable bonds is 4. The van der Waals surface area contributed by atoms with Crippen LogP contribution in [0.3, 0.4) is 0 Å². The second kappa shape index (κ2) is 6.29. The minimum atomic E-state index is -0.201. The monoisotopic (exact) mass is 327 g/mol. The molecule has 0 saturated heterocycles. The summed E-state index contributed by atoms with van der Waals surface area (Å²) in [6.45, 7) is 6.38. The number of amides is 1. The van der Waals surface area contributed by atoms with Gasteiger partial charge in [0.25, 0.3) is 5.91 Å². The molecule has 0 fully saturated rings. The first-order valence-electron chi connectivity index (χ1n) is 7.32. The van der Waals surface area contributed by atoms with Gasteiger partial charge in [0, 0.05) is 23.1 Å². The maximum absolute atomic E-state index is 12.3. The fourth-order valence-electron chi connectivity index (χ4n) is 2.23. The topological polar surface area (TPSA) is 72.7 Å². The van der Waals surface area contributed by atoms with Gasteiger partial charge in [-0.25, -0.2) is 9.67 Å². The van der Waals surface area contributed by atoms with Crippen LogP contribution < -0.4 is 5.32 Å². The van der Waals surface area contributed by atoms with Crippen molar-refractivity contribution in [1.82, 2.24) is 19.7 Å². The maximum Gasteiger partial charge on any atom is 0.258 e. The fraction of sp³-hybridized carbons (Fsp3) is 0.250. The average molecular weight is 327 g/mol. The van der Waals surface area contributed by atoms with Crippen molar-refractivity contribution in [2.24, 2.45) is 0 Å². The van der Waals surface area contributed by atoms with Gasteiger partial charge in [0.2, 0.25) is 5.95 Å². The largest absolute Gasteiger partial charge is 0.291 e. The van der Waals surface area contributed by atoms with Gasteiger partial charge in [0.15, 0.2) is 0 Å². The van der Waals surface area contributed by atoms with Crippen LogP contribution in [-0.2, 0) is 6.54 Å². The van der Waals surface area contributed by atoms with Crippen LogP contribution in [0.4, 0.5) is 5.95 Å². The van der Waals surface area contributed by atoms with Crippen molar-refractivity contribution < 1.29 is 4.79 Å². The molecule has 1 aromatic carbocycles. The highest BCUT2D eigenvalue weighted by molar-refractivity contribution is 7.09. The molecule has 0 aliphatic carbocycles. The summed E-state index contributed by atoms with van der Waals surface area (Å²) in [5, 5.41) is 10.0. The summed E-state index contributed by atoms with van der Waals surface area (Å²) in [4.78, 5) is 21.0. The molecule has 3 aromatic rings. The molecule has 0 radical (unpaired) electrons. The van der Waals surface area contributed by atoms with E-state index in [1.165, 1.54) is 0 Å². The molecular weight excluding hydrogens is 310 g/mol. The summed E-state index contributed by atoms with van der Waals surface area (Å²) in [5.74, 6) is 0.902. The lowest BCUT2D eigenvalue weighted by molar-refractivity contribution is 0.102. The lowest BCUT2D eigenvalue weighted by Gasteiger charge is -2.06. The van der Waals surface area contributed by atoms with Crippen molar-refractivity contribution in [3.63, 3.8) is 0 Å². The van der Waals surface area contributed by atoms with Gasteiger partial charge in [-0.2, -0.15) is 10.1 Å². The second-order valence-electron chi connectivity index (χ2n) is 5.08. The van der Waals surface area contributed by atoms with Crippen molar-refractivity contribution in [3.8, 4) is 11.3 Å². The van der Waals surface area contributed by atoms with E-state index >= 15 is 0 Å². The summed E-state index contributed by atoms with van der Waals surface area (Å²) >= 11 is 1.61. The van der Waals surface area contributed by atoms with E-state index in [-0.39, 0.29) is 5.91 Å². The highest BCUT2D eigenvalue weighted by Crippen LogP contribution is 2.22. The van der Waals surface area contributed by atoms with Gasteiger partial charge in [0.1, 0.15) is 5.82 Å². The SMILES string of the molecule is CCn1nc(C)nc1NC(=O)c1ccc(-c2csc(C)n2)cc1. The smallest absolute Gasteiger partial charge is 0.258 e. The summed E-state index contributed by atoms with van der Waals surface area (Å²) in [7, 11) is 0. The number of nitrogens with zero attached hydrogens (tertiary/aromatic N) is 4. The molecule has 7 heteroatoms. The number of anilines is 1. The zero-order valence-electron chi connectivity index (χ0n) is 13.2. The predicted octanol–water partition coefficient (Wildman–Crippen LogP) is 3.29. The second-order valence-corrected chi connectivity index (χ2v) is 6.14. The summed E-state index contributed by atoms with van der Waals surface area (Å²) in [6, 6.07) is 7.39. The van der Waals surface area contributed by atoms with Crippen LogP contribution in [0, 0.1) is 13.8 Å². The van der Waals surface area contributed by atoms with Gasteiger partial charge in [0.05, 0.1) is 10.7 Å². The van der Waals surface area contributed by atoms with Gasteiger partial charge in [-0.1, -0.05) is 12.1 Å². The van der Waals surface area contributed by atoms with Crippen molar-refractivity contribution in [2.75, 3.05) is 5.32 Å². The van der Waals surface area contributed by atoms with Gasteiger partial charge in [-0.05, 0) is 32.9 Å². The molecule has 0 aliphatic rings. The Hall–Kier alpha value is -2.54. The Balaban J connectivity index is 1.77. The minimum Gasteiger partial charge on any atom is -0.291 e. The van der Waals surface area contributed by atoms with Crippen LogP contribution in [0.15, 0.2) is 29.6 Å². The number of aryl methyl sites for hydroxylation is 3. The normalized spacial score (nSPS) is 10.7. The lowest BCUT2D eigenvalue weighted by atomic mass is 10.1. The number of nitrogens with one attached hydrogen (secondary N) is 1. The number of aromatic nitrogens is 4. The first kappa shape index (κ1) is 15.4. The number of thiazole rings is 1. The van der Waals surface area contributed by atoms with Gasteiger partial charge < -0.3 is 0 Å². The molecule has 0 atom stereocenters. The number of hydrogen-bond acceptors (Lipinski definition) is 5. The molecule has 1 N–H and O–H groups in total. The van der Waals surface area contributed by atoms with E-state index in [1.54, 1.807) is 35.1 Å². The Kier molecular flexibility index (Phi) is 4.20. The minimum absolute atomic E-state index is 0.201. The van der Waals surface area contributed by atoms with Gasteiger partial charge in [-0.3, -0.25) is 10.1 Å². The molecule has 23 heavy (non-hydrogen) atoms. The molecular formula is C16H17N5OS. The average Bonchev–Trinajstić information content (AvgIpc) is 3.13. The number of benzene rings is 1. The first-order chi connectivity index (χ1) is 11.1. The third-order valence-electron chi connectivity index (χ3n) is 3.36. The summed E-state index contributed by atoms with van der Waals surface area (Å²) in [6.07, 6.45) is 0. The van der Waals surface area contributed by atoms with E-state index in [0.717, 1.165) is 16.3 Å². The molecule has 2 aromatic heterocycles. The molecule has 1 amide bonds. The first-order valence-corrected chi connectivity index (χ1v) is 8.20. The summed E-state index contributed by atoms with van der Waals surface area (Å²) in [5.41, 5.74) is 2.50. The van der Waals surface area contributed by atoms with E-state index in [1.807, 2.05) is 31.4 Å². The molecule has 0 unspecified atom stereocenters. The van der Waals surface area contributed by atoms with Gasteiger partial charge in [-0.15, -0.1) is 11.3 Å². The Labute approximate surface area is 138 Å². The van der Waals surface area contributed by atoms with Crippen LogP contribution in [0.1, 0.15) is 28.1 Å². The van der Waals surface area contributed by atoms with Crippen LogP contribution in [0.2, 0.25) is 0 Å². The fourth-order valence-corrected chi connectivity index (χ4v) is 2.85. The molecule has 2 heterocycles. The van der Waals surface area contributed by atoms with E-state index in [4.69, 9.17) is 0 Å². The zero-order valence-corrected chi connectivity index (χ0v) is 14.0. The highest BCUT2D eigenvalue weighted by atomic mass is 32.1. The van der Waals surface area contributed by atoms with E-state index in [2.05, 4.69) is 20.4 Å². The molecule has 6 nitrogen and oxygen atoms in total. The summed E-state index contributed by atoms with van der Waals surface area (Å²) < 4.78 is 1.67. The van der Waals surface area contributed by atoms with Crippen LogP contribution in [-0.4, -0.2) is 25.7 Å². The Morgan fingerprint density at radius 3 is 2.57 bits per heavy atom. The maximum atomic E-state index is 12.3. The number of hydrogen-bond donors (Lipinski definition) is 1. The lowest BCUT2D eigenvalue weighted by Crippen LogP contribution is -2.16. The molecule has 3 rings (SSSR count). The molecule has 0 aliphatic heterocycles. The predicted molar refractivity (Wildman–Crippen MR) is 90.7 cm³/mol. The Morgan fingerprint density at radius 1 is 1.22 bits per heavy atom. The van der Waals surface area contributed by atoms with Crippen LogP contribution in [0.25, 0.3) is 11.3 Å². The van der Waals surface area contributed by atoms with Crippen molar-refractivity contribution in [3.05, 3.63) is 46.0 Å². The van der Waals surface area contributed by atoms with Crippen molar-refractivity contribution >= 4 is 23.2 Å². The molecule has 0 bridgehead atoms. The quantitative estimate of drug-likeness (QED) is 0.798. The van der Waals surface area contributed by atoms with Crippen molar-refractivity contribution in [1.29, 1.82) is 0 Å². The Bertz CT molecular complexity index is 835. The zero-order chi connectivity index (χ0) is 16.4. The Morgan fingerprint density at radius 2 is 1.96 bits per heavy atom. The van der Waals surface area contributed by atoms with Crippen LogP contribution in [0.5, 0.6) is 0 Å². The number of carbonyl (C=O) groups is 1. The van der Waals surface area contributed by atoms with E-state index < -0.39 is 0 Å². The standard InChI is InChI=1S/C16H17N5OS/c1-4-21-16(17-10(2)20-21)19-15(22)13-7-5-12(6-8-13)14-9-23-11(3)18-14/h5-9H,4H2,1-3H3,(H,17,19,20,22). The molecule has 0 spiro atoms. The third kappa shape index (κ3) is 3.29. The van der Waals surface area contributed by atoms with E-state index in [0.29, 0.717) is 23.9 Å². The van der Waals surface area contributed by atoms with Crippen LogP contribution >= 0.6 is 11.3 Å².